The van der Waals surface area contributed by atoms with E-state index in [-0.39, 0.29) is 24.0 Å². The van der Waals surface area contributed by atoms with Gasteiger partial charge in [0.05, 0.1) is 11.6 Å². The van der Waals surface area contributed by atoms with Crippen LogP contribution < -0.4 is 5.32 Å². The van der Waals surface area contributed by atoms with Crippen molar-refractivity contribution in [1.82, 2.24) is 24.6 Å². The van der Waals surface area contributed by atoms with E-state index in [9.17, 15) is 0 Å². The Balaban J connectivity index is 0.00000288. The predicted octanol–water partition coefficient (Wildman–Crippen LogP) is 1.55. The molecule has 1 aliphatic rings. The van der Waals surface area contributed by atoms with Crippen LogP contribution in [0, 0.1) is 0 Å². The minimum atomic E-state index is 0. The predicted molar refractivity (Wildman–Crippen MR) is 113 cm³/mol. The van der Waals surface area contributed by atoms with Gasteiger partial charge >= 0.3 is 0 Å². The number of halogens is 2. The van der Waals surface area contributed by atoms with Gasteiger partial charge in [0.15, 0.2) is 5.96 Å². The standard InChI is InChI=1S/C16H29ClN6.HI/c1-18-16(19-9-15-11-20(2)6-7-21(15)3)23(5)12-14-8-13(17)10-22(14)4;/h8,10,15H,6-7,9,11-12H2,1-5H3,(H,18,19);1H. The molecule has 1 aliphatic heterocycles. The molecule has 1 atom stereocenters. The van der Waals surface area contributed by atoms with Crippen molar-refractivity contribution in [2.45, 2.75) is 12.6 Å². The molecule has 0 bridgehead atoms. The van der Waals surface area contributed by atoms with Gasteiger partial charge in [0.2, 0.25) is 0 Å². The van der Waals surface area contributed by atoms with Gasteiger partial charge in [-0.2, -0.15) is 0 Å². The fourth-order valence-electron chi connectivity index (χ4n) is 2.96. The number of piperazine rings is 1. The molecule has 24 heavy (non-hydrogen) atoms. The maximum Gasteiger partial charge on any atom is 0.193 e. The minimum absolute atomic E-state index is 0. The molecule has 2 rings (SSSR count). The van der Waals surface area contributed by atoms with Gasteiger partial charge < -0.3 is 19.7 Å². The molecule has 1 fully saturated rings. The molecule has 0 amide bonds. The molecule has 0 aliphatic carbocycles. The van der Waals surface area contributed by atoms with E-state index in [1.165, 1.54) is 0 Å². The van der Waals surface area contributed by atoms with Crippen molar-refractivity contribution in [1.29, 1.82) is 0 Å². The zero-order valence-electron chi connectivity index (χ0n) is 15.3. The monoisotopic (exact) mass is 468 g/mol. The molecule has 1 unspecified atom stereocenters. The molecule has 0 spiro atoms. The fraction of sp³-hybridized carbons (Fsp3) is 0.688. The maximum absolute atomic E-state index is 6.06. The molecule has 2 heterocycles. The van der Waals surface area contributed by atoms with Gasteiger partial charge in [0, 0.05) is 65.3 Å². The Morgan fingerprint density at radius 1 is 1.38 bits per heavy atom. The van der Waals surface area contributed by atoms with Crippen LogP contribution in [0.2, 0.25) is 5.02 Å². The first-order valence-corrected chi connectivity index (χ1v) is 8.39. The van der Waals surface area contributed by atoms with E-state index in [2.05, 4.69) is 43.7 Å². The summed E-state index contributed by atoms with van der Waals surface area (Å²) in [5.41, 5.74) is 1.16. The van der Waals surface area contributed by atoms with Crippen LogP contribution >= 0.6 is 35.6 Å². The normalized spacial score (nSPS) is 19.9. The first kappa shape index (κ1) is 21.5. The second-order valence-corrected chi connectivity index (χ2v) is 6.88. The second-order valence-electron chi connectivity index (χ2n) is 6.44. The minimum Gasteiger partial charge on any atom is -0.355 e. The van der Waals surface area contributed by atoms with Crippen molar-refractivity contribution < 1.29 is 0 Å². The highest BCUT2D eigenvalue weighted by Crippen LogP contribution is 2.14. The zero-order valence-corrected chi connectivity index (χ0v) is 18.4. The molecule has 0 aromatic carbocycles. The van der Waals surface area contributed by atoms with Crippen LogP contribution in [-0.4, -0.2) is 85.6 Å². The van der Waals surface area contributed by atoms with E-state index < -0.39 is 0 Å². The lowest BCUT2D eigenvalue weighted by Gasteiger charge is -2.38. The van der Waals surface area contributed by atoms with Crippen molar-refractivity contribution in [3.8, 4) is 0 Å². The Labute approximate surface area is 167 Å². The summed E-state index contributed by atoms with van der Waals surface area (Å²) in [6, 6.07) is 2.50. The van der Waals surface area contributed by atoms with Crippen LogP contribution in [-0.2, 0) is 13.6 Å². The third-order valence-electron chi connectivity index (χ3n) is 4.52. The van der Waals surface area contributed by atoms with E-state index >= 15 is 0 Å². The van der Waals surface area contributed by atoms with Gasteiger partial charge in [-0.25, -0.2) is 0 Å². The van der Waals surface area contributed by atoms with Gasteiger partial charge in [0.1, 0.15) is 0 Å². The summed E-state index contributed by atoms with van der Waals surface area (Å²) in [6.07, 6.45) is 1.92. The Hall–Kier alpha value is -0.510. The number of hydrogen-bond acceptors (Lipinski definition) is 3. The first-order valence-electron chi connectivity index (χ1n) is 8.02. The van der Waals surface area contributed by atoms with Crippen LogP contribution in [0.1, 0.15) is 5.69 Å². The Morgan fingerprint density at radius 2 is 2.08 bits per heavy atom. The third-order valence-corrected chi connectivity index (χ3v) is 4.73. The lowest BCUT2D eigenvalue weighted by Crippen LogP contribution is -2.55. The lowest BCUT2D eigenvalue weighted by atomic mass is 10.2. The molecule has 1 aromatic heterocycles. The van der Waals surface area contributed by atoms with Crippen LogP contribution in [0.5, 0.6) is 0 Å². The van der Waals surface area contributed by atoms with Gasteiger partial charge in [-0.15, -0.1) is 24.0 Å². The number of nitrogens with zero attached hydrogens (tertiary/aromatic N) is 5. The third kappa shape index (κ3) is 5.79. The van der Waals surface area contributed by atoms with Gasteiger partial charge in [0.25, 0.3) is 0 Å². The molecule has 0 radical (unpaired) electrons. The molecule has 0 saturated carbocycles. The Bertz CT molecular complexity index is 547. The van der Waals surface area contributed by atoms with E-state index in [0.717, 1.165) is 49.4 Å². The van der Waals surface area contributed by atoms with Crippen LogP contribution in [0.4, 0.5) is 0 Å². The molecule has 1 aromatic rings. The van der Waals surface area contributed by atoms with E-state index in [4.69, 9.17) is 11.6 Å². The van der Waals surface area contributed by atoms with Crippen molar-refractivity contribution in [2.75, 3.05) is 54.4 Å². The van der Waals surface area contributed by atoms with Crippen molar-refractivity contribution in [3.05, 3.63) is 23.0 Å². The average molecular weight is 469 g/mol. The molecule has 1 N–H and O–H groups in total. The summed E-state index contributed by atoms with van der Waals surface area (Å²) in [5, 5.41) is 4.27. The molecular formula is C16H30ClIN6. The first-order chi connectivity index (χ1) is 10.9. The molecule has 8 heteroatoms. The highest BCUT2D eigenvalue weighted by atomic mass is 127. The quantitative estimate of drug-likeness (QED) is 0.413. The number of aryl methyl sites for hydroxylation is 1. The van der Waals surface area contributed by atoms with E-state index in [0.29, 0.717) is 6.04 Å². The van der Waals surface area contributed by atoms with Crippen LogP contribution in [0.25, 0.3) is 0 Å². The number of guanidine groups is 1. The van der Waals surface area contributed by atoms with Crippen molar-refractivity contribution >= 4 is 41.5 Å². The summed E-state index contributed by atoms with van der Waals surface area (Å²) in [6.45, 7) is 4.99. The fourth-order valence-corrected chi connectivity index (χ4v) is 3.23. The largest absolute Gasteiger partial charge is 0.355 e. The summed E-state index contributed by atoms with van der Waals surface area (Å²) in [7, 11) is 10.3. The van der Waals surface area contributed by atoms with Crippen molar-refractivity contribution in [2.24, 2.45) is 12.0 Å². The van der Waals surface area contributed by atoms with Crippen LogP contribution in [0.15, 0.2) is 17.3 Å². The van der Waals surface area contributed by atoms with E-state index in [1.807, 2.05) is 33.4 Å². The highest BCUT2D eigenvalue weighted by Gasteiger charge is 2.22. The number of aromatic nitrogens is 1. The zero-order chi connectivity index (χ0) is 17.0. The number of hydrogen-bond donors (Lipinski definition) is 1. The second kappa shape index (κ2) is 9.84. The van der Waals surface area contributed by atoms with Gasteiger partial charge in [-0.3, -0.25) is 9.89 Å². The highest BCUT2D eigenvalue weighted by molar-refractivity contribution is 14.0. The van der Waals surface area contributed by atoms with Crippen molar-refractivity contribution in [3.63, 3.8) is 0 Å². The van der Waals surface area contributed by atoms with Crippen LogP contribution in [0.3, 0.4) is 0 Å². The Morgan fingerprint density at radius 3 is 2.67 bits per heavy atom. The molecule has 138 valence electrons. The maximum atomic E-state index is 6.06. The summed E-state index contributed by atoms with van der Waals surface area (Å²) in [4.78, 5) is 11.3. The average Bonchev–Trinajstić information content (AvgIpc) is 2.81. The summed E-state index contributed by atoms with van der Waals surface area (Å²) in [5.74, 6) is 0.906. The number of rotatable bonds is 4. The van der Waals surface area contributed by atoms with Gasteiger partial charge in [-0.1, -0.05) is 11.6 Å². The summed E-state index contributed by atoms with van der Waals surface area (Å²) >= 11 is 6.06. The van der Waals surface area contributed by atoms with Gasteiger partial charge in [-0.05, 0) is 20.2 Å². The molecule has 6 nitrogen and oxygen atoms in total. The lowest BCUT2D eigenvalue weighted by molar-refractivity contribution is 0.116. The number of likely N-dealkylation sites (N-methyl/N-ethyl adjacent to an activating group) is 2. The SMILES string of the molecule is CN=C(NCC1CN(C)CCN1C)N(C)Cc1cc(Cl)cn1C.I. The van der Waals surface area contributed by atoms with E-state index in [1.54, 1.807) is 0 Å². The topological polar surface area (TPSA) is 39.0 Å². The summed E-state index contributed by atoms with van der Waals surface area (Å²) < 4.78 is 2.05. The molecule has 1 saturated heterocycles. The smallest absolute Gasteiger partial charge is 0.193 e. The molecular weight excluding hydrogens is 439 g/mol. The number of nitrogens with one attached hydrogen (secondary N) is 1. The Kier molecular flexibility index (Phi) is 8.83. The number of aliphatic imine (C=N–C) groups is 1.